The number of ether oxygens (including phenoxy) is 1. The van der Waals surface area contributed by atoms with Crippen LogP contribution >= 0.6 is 0 Å². The Balaban J connectivity index is 1.93. The highest BCUT2D eigenvalue weighted by molar-refractivity contribution is 6.05. The Morgan fingerprint density at radius 2 is 1.79 bits per heavy atom. The first kappa shape index (κ1) is 12.1. The van der Waals surface area contributed by atoms with Crippen LogP contribution in [0.25, 0.3) is 21.9 Å². The average Bonchev–Trinajstić information content (AvgIpc) is 2.76. The minimum absolute atomic E-state index is 0.689. The Bertz CT molecular complexity index is 700. The van der Waals surface area contributed by atoms with E-state index in [2.05, 4.69) is 17.0 Å². The summed E-state index contributed by atoms with van der Waals surface area (Å²) in [6.07, 6.45) is 0. The fourth-order valence-corrected chi connectivity index (χ4v) is 2.14. The maximum absolute atomic E-state index is 5.79. The van der Waals surface area contributed by atoms with Gasteiger partial charge in [0.05, 0.1) is 0 Å². The zero-order chi connectivity index (χ0) is 13.2. The van der Waals surface area contributed by atoms with Gasteiger partial charge >= 0.3 is 0 Å². The number of likely N-dealkylation sites (N-methyl/N-ethyl adjacent to an activating group) is 1. The smallest absolute Gasteiger partial charge is 0.135 e. The zero-order valence-corrected chi connectivity index (χ0v) is 11.2. The van der Waals surface area contributed by atoms with Crippen LogP contribution in [0.3, 0.4) is 0 Å². The Morgan fingerprint density at radius 1 is 1.00 bits per heavy atom. The molecule has 3 nitrogen and oxygen atoms in total. The summed E-state index contributed by atoms with van der Waals surface area (Å²) in [5, 5.41) is 2.24. The van der Waals surface area contributed by atoms with Crippen molar-refractivity contribution in [1.82, 2.24) is 4.90 Å². The summed E-state index contributed by atoms with van der Waals surface area (Å²) >= 11 is 0. The monoisotopic (exact) mass is 255 g/mol. The molecule has 0 aliphatic heterocycles. The largest absolute Gasteiger partial charge is 0.492 e. The summed E-state index contributed by atoms with van der Waals surface area (Å²) in [6.45, 7) is 1.60. The molecule has 2 aromatic carbocycles. The Morgan fingerprint density at radius 3 is 2.63 bits per heavy atom. The maximum atomic E-state index is 5.79. The lowest BCUT2D eigenvalue weighted by atomic mass is 10.1. The van der Waals surface area contributed by atoms with Crippen LogP contribution in [0.1, 0.15) is 0 Å². The van der Waals surface area contributed by atoms with E-state index in [1.807, 2.05) is 44.4 Å². The second-order valence-corrected chi connectivity index (χ2v) is 4.91. The Kier molecular flexibility index (Phi) is 3.13. The lowest BCUT2D eigenvalue weighted by molar-refractivity contribution is 0.261. The van der Waals surface area contributed by atoms with Gasteiger partial charge in [0.25, 0.3) is 0 Å². The number of rotatable bonds is 4. The van der Waals surface area contributed by atoms with Gasteiger partial charge in [-0.1, -0.05) is 18.2 Å². The molecule has 0 spiro atoms. The number of para-hydroxylation sites is 1. The minimum Gasteiger partial charge on any atom is -0.492 e. The lowest BCUT2D eigenvalue weighted by Gasteiger charge is -2.10. The molecule has 1 aromatic heterocycles. The molecular formula is C16H17NO2. The van der Waals surface area contributed by atoms with E-state index >= 15 is 0 Å². The second kappa shape index (κ2) is 4.94. The average molecular weight is 255 g/mol. The van der Waals surface area contributed by atoms with Crippen LogP contribution in [0.5, 0.6) is 5.75 Å². The van der Waals surface area contributed by atoms with E-state index in [0.29, 0.717) is 6.61 Å². The minimum atomic E-state index is 0.689. The van der Waals surface area contributed by atoms with Crippen molar-refractivity contribution in [2.24, 2.45) is 0 Å². The molecule has 0 fully saturated rings. The fraction of sp³-hybridized carbons (Fsp3) is 0.250. The van der Waals surface area contributed by atoms with Crippen LogP contribution in [0, 0.1) is 0 Å². The third-order valence-electron chi connectivity index (χ3n) is 3.16. The van der Waals surface area contributed by atoms with Gasteiger partial charge in [0.15, 0.2) is 0 Å². The Hall–Kier alpha value is -2.00. The molecule has 0 N–H and O–H groups in total. The van der Waals surface area contributed by atoms with Crippen molar-refractivity contribution in [1.29, 1.82) is 0 Å². The molecule has 3 rings (SSSR count). The van der Waals surface area contributed by atoms with Crippen LogP contribution in [-0.4, -0.2) is 32.1 Å². The molecule has 0 amide bonds. The van der Waals surface area contributed by atoms with Crippen molar-refractivity contribution in [2.75, 3.05) is 27.2 Å². The number of benzene rings is 2. The number of hydrogen-bond acceptors (Lipinski definition) is 3. The maximum Gasteiger partial charge on any atom is 0.135 e. The van der Waals surface area contributed by atoms with E-state index in [-0.39, 0.29) is 0 Å². The normalized spacial score (nSPS) is 11.5. The summed E-state index contributed by atoms with van der Waals surface area (Å²) < 4.78 is 11.5. The number of fused-ring (bicyclic) bond motifs is 3. The first-order chi connectivity index (χ1) is 9.24. The molecule has 3 heteroatoms. The van der Waals surface area contributed by atoms with E-state index in [1.165, 1.54) is 0 Å². The predicted molar refractivity (Wildman–Crippen MR) is 77.8 cm³/mol. The number of hydrogen-bond donors (Lipinski definition) is 0. The molecule has 3 aromatic rings. The van der Waals surface area contributed by atoms with Crippen LogP contribution in [0.15, 0.2) is 46.9 Å². The molecule has 0 unspecified atom stereocenters. The van der Waals surface area contributed by atoms with Crippen molar-refractivity contribution in [3.8, 4) is 5.75 Å². The van der Waals surface area contributed by atoms with Gasteiger partial charge in [-0.05, 0) is 38.4 Å². The molecule has 1 heterocycles. The van der Waals surface area contributed by atoms with Crippen molar-refractivity contribution in [2.45, 2.75) is 0 Å². The zero-order valence-electron chi connectivity index (χ0n) is 11.2. The van der Waals surface area contributed by atoms with Gasteiger partial charge in [0.1, 0.15) is 23.5 Å². The summed E-state index contributed by atoms with van der Waals surface area (Å²) in [7, 11) is 4.08. The molecule has 0 saturated carbocycles. The lowest BCUT2D eigenvalue weighted by Crippen LogP contribution is -2.19. The van der Waals surface area contributed by atoms with Gasteiger partial charge in [-0.15, -0.1) is 0 Å². The van der Waals surface area contributed by atoms with Crippen LogP contribution in [0.4, 0.5) is 0 Å². The predicted octanol–water partition coefficient (Wildman–Crippen LogP) is 3.53. The first-order valence-corrected chi connectivity index (χ1v) is 6.43. The van der Waals surface area contributed by atoms with E-state index in [1.54, 1.807) is 0 Å². The van der Waals surface area contributed by atoms with Gasteiger partial charge in [-0.25, -0.2) is 0 Å². The van der Waals surface area contributed by atoms with Gasteiger partial charge in [0, 0.05) is 17.3 Å². The highest BCUT2D eigenvalue weighted by Crippen LogP contribution is 2.31. The van der Waals surface area contributed by atoms with Gasteiger partial charge in [-0.3, -0.25) is 0 Å². The summed E-state index contributed by atoms with van der Waals surface area (Å²) in [5.74, 6) is 0.890. The fourth-order valence-electron chi connectivity index (χ4n) is 2.14. The van der Waals surface area contributed by atoms with Gasteiger partial charge < -0.3 is 14.1 Å². The molecule has 98 valence electrons. The first-order valence-electron chi connectivity index (χ1n) is 6.43. The summed E-state index contributed by atoms with van der Waals surface area (Å²) in [5.41, 5.74) is 1.82. The van der Waals surface area contributed by atoms with Crippen LogP contribution < -0.4 is 4.74 Å². The standard InChI is InChI=1S/C16H17NO2/c1-17(2)9-10-18-12-7-8-16-14(11-12)13-5-3-4-6-15(13)19-16/h3-8,11H,9-10H2,1-2H3. The van der Waals surface area contributed by atoms with Crippen molar-refractivity contribution < 1.29 is 9.15 Å². The van der Waals surface area contributed by atoms with Crippen LogP contribution in [-0.2, 0) is 0 Å². The highest BCUT2D eigenvalue weighted by atomic mass is 16.5. The summed E-state index contributed by atoms with van der Waals surface area (Å²) in [4.78, 5) is 2.10. The van der Waals surface area contributed by atoms with Gasteiger partial charge in [-0.2, -0.15) is 0 Å². The molecule has 0 bridgehead atoms. The van der Waals surface area contributed by atoms with Gasteiger partial charge in [0.2, 0.25) is 0 Å². The number of furan rings is 1. The summed E-state index contributed by atoms with van der Waals surface area (Å²) in [6, 6.07) is 14.1. The molecule has 0 saturated heterocycles. The molecule has 0 aliphatic carbocycles. The van der Waals surface area contributed by atoms with E-state index < -0.39 is 0 Å². The molecule has 19 heavy (non-hydrogen) atoms. The SMILES string of the molecule is CN(C)CCOc1ccc2oc3ccccc3c2c1. The third kappa shape index (κ3) is 2.42. The second-order valence-electron chi connectivity index (χ2n) is 4.91. The molecule has 0 aliphatic rings. The number of nitrogens with zero attached hydrogens (tertiary/aromatic N) is 1. The third-order valence-corrected chi connectivity index (χ3v) is 3.16. The van der Waals surface area contributed by atoms with Crippen LogP contribution in [0.2, 0.25) is 0 Å². The topological polar surface area (TPSA) is 25.6 Å². The van der Waals surface area contributed by atoms with E-state index in [9.17, 15) is 0 Å². The molecule has 0 radical (unpaired) electrons. The van der Waals surface area contributed by atoms with E-state index in [0.717, 1.165) is 34.2 Å². The van der Waals surface area contributed by atoms with E-state index in [4.69, 9.17) is 9.15 Å². The van der Waals surface area contributed by atoms with Crippen molar-refractivity contribution >= 4 is 21.9 Å². The van der Waals surface area contributed by atoms with Crippen molar-refractivity contribution in [3.63, 3.8) is 0 Å². The molecule has 0 atom stereocenters. The molecular weight excluding hydrogens is 238 g/mol. The quantitative estimate of drug-likeness (QED) is 0.713. The highest BCUT2D eigenvalue weighted by Gasteiger charge is 2.07. The van der Waals surface area contributed by atoms with Crippen molar-refractivity contribution in [3.05, 3.63) is 42.5 Å². The Labute approximate surface area is 112 Å².